The molecule has 1 amide bonds. The Balaban J connectivity index is 2.04. The van der Waals surface area contributed by atoms with Crippen LogP contribution in [0.15, 0.2) is 18.2 Å². The third-order valence-corrected chi connectivity index (χ3v) is 3.27. The van der Waals surface area contributed by atoms with Gasteiger partial charge in [-0.25, -0.2) is 0 Å². The molecule has 1 aromatic rings. The first-order chi connectivity index (χ1) is 9.56. The fraction of sp³-hybridized carbons (Fsp3) is 0.533. The van der Waals surface area contributed by atoms with Gasteiger partial charge in [-0.1, -0.05) is 12.1 Å². The zero-order valence-corrected chi connectivity index (χ0v) is 12.0. The molecule has 1 unspecified atom stereocenters. The summed E-state index contributed by atoms with van der Waals surface area (Å²) in [4.78, 5) is 11.5. The Kier molecular flexibility index (Phi) is 4.98. The number of rotatable bonds is 5. The molecule has 5 nitrogen and oxygen atoms in total. The predicted molar refractivity (Wildman–Crippen MR) is 76.5 cm³/mol. The number of carbonyl (C=O) groups excluding carboxylic acids is 1. The Bertz CT molecular complexity index is 468. The van der Waals surface area contributed by atoms with Gasteiger partial charge in [0.1, 0.15) is 11.9 Å². The third-order valence-electron chi connectivity index (χ3n) is 3.27. The molecule has 0 bridgehead atoms. The highest BCUT2D eigenvalue weighted by molar-refractivity contribution is 5.80. The van der Waals surface area contributed by atoms with Crippen LogP contribution in [0.5, 0.6) is 5.75 Å². The summed E-state index contributed by atoms with van der Waals surface area (Å²) in [5.41, 5.74) is 7.62. The molecule has 3 N–H and O–H groups in total. The van der Waals surface area contributed by atoms with Gasteiger partial charge in [0.05, 0.1) is 19.3 Å². The van der Waals surface area contributed by atoms with Gasteiger partial charge < -0.3 is 20.5 Å². The van der Waals surface area contributed by atoms with Crippen LogP contribution in [0.25, 0.3) is 0 Å². The molecule has 0 saturated carbocycles. The Morgan fingerprint density at radius 3 is 3.05 bits per heavy atom. The number of nitrogens with two attached hydrogens (primary N) is 1. The predicted octanol–water partition coefficient (Wildman–Crippen LogP) is 1.13. The van der Waals surface area contributed by atoms with Crippen molar-refractivity contribution in [3.05, 3.63) is 29.3 Å². The van der Waals surface area contributed by atoms with E-state index in [-0.39, 0.29) is 12.0 Å². The lowest BCUT2D eigenvalue weighted by atomic mass is 10.1. The number of aryl methyl sites for hydroxylation is 1. The molecular formula is C15H22N2O3. The SMILES string of the molecule is Cc1ccc(CNC(=O)[C@H](C)N)c(OC2CCOC2)c1. The second-order valence-corrected chi connectivity index (χ2v) is 5.22. The van der Waals surface area contributed by atoms with E-state index in [9.17, 15) is 4.79 Å². The summed E-state index contributed by atoms with van der Waals surface area (Å²) in [5, 5.41) is 2.81. The maximum atomic E-state index is 11.5. The number of benzene rings is 1. The number of hydrogen-bond acceptors (Lipinski definition) is 4. The molecule has 110 valence electrons. The first-order valence-corrected chi connectivity index (χ1v) is 6.93. The summed E-state index contributed by atoms with van der Waals surface area (Å²) in [7, 11) is 0. The van der Waals surface area contributed by atoms with Crippen LogP contribution >= 0.6 is 0 Å². The van der Waals surface area contributed by atoms with E-state index in [0.717, 1.165) is 29.9 Å². The van der Waals surface area contributed by atoms with Crippen molar-refractivity contribution < 1.29 is 14.3 Å². The van der Waals surface area contributed by atoms with E-state index < -0.39 is 6.04 Å². The smallest absolute Gasteiger partial charge is 0.236 e. The molecule has 1 aliphatic rings. The van der Waals surface area contributed by atoms with Crippen LogP contribution in [0.2, 0.25) is 0 Å². The van der Waals surface area contributed by atoms with Crippen molar-refractivity contribution in [2.45, 2.75) is 39.0 Å². The van der Waals surface area contributed by atoms with Gasteiger partial charge in [-0.05, 0) is 25.5 Å². The zero-order chi connectivity index (χ0) is 14.5. The lowest BCUT2D eigenvalue weighted by Crippen LogP contribution is -2.37. The Morgan fingerprint density at radius 1 is 1.60 bits per heavy atom. The van der Waals surface area contributed by atoms with Crippen LogP contribution < -0.4 is 15.8 Å². The summed E-state index contributed by atoms with van der Waals surface area (Å²) in [6, 6.07) is 5.46. The summed E-state index contributed by atoms with van der Waals surface area (Å²) in [6.45, 7) is 5.47. The molecule has 0 aliphatic carbocycles. The highest BCUT2D eigenvalue weighted by Crippen LogP contribution is 2.23. The van der Waals surface area contributed by atoms with Crippen molar-refractivity contribution in [3.8, 4) is 5.75 Å². The minimum Gasteiger partial charge on any atom is -0.488 e. The van der Waals surface area contributed by atoms with E-state index in [0.29, 0.717) is 13.2 Å². The van der Waals surface area contributed by atoms with Crippen LogP contribution in [0.1, 0.15) is 24.5 Å². The van der Waals surface area contributed by atoms with Crippen LogP contribution in [-0.4, -0.2) is 31.3 Å². The highest BCUT2D eigenvalue weighted by atomic mass is 16.5. The molecule has 5 heteroatoms. The van der Waals surface area contributed by atoms with Gasteiger partial charge >= 0.3 is 0 Å². The van der Waals surface area contributed by atoms with Crippen LogP contribution in [0.4, 0.5) is 0 Å². The normalized spacial score (nSPS) is 19.6. The number of carbonyl (C=O) groups is 1. The van der Waals surface area contributed by atoms with Crippen molar-refractivity contribution >= 4 is 5.91 Å². The topological polar surface area (TPSA) is 73.6 Å². The maximum absolute atomic E-state index is 11.5. The van der Waals surface area contributed by atoms with Crippen LogP contribution in [0.3, 0.4) is 0 Å². The number of ether oxygens (including phenoxy) is 2. The number of nitrogens with one attached hydrogen (secondary N) is 1. The van der Waals surface area contributed by atoms with Gasteiger partial charge in [0, 0.05) is 18.5 Å². The summed E-state index contributed by atoms with van der Waals surface area (Å²) in [5.74, 6) is 0.645. The summed E-state index contributed by atoms with van der Waals surface area (Å²) >= 11 is 0. The summed E-state index contributed by atoms with van der Waals surface area (Å²) < 4.78 is 11.3. The lowest BCUT2D eigenvalue weighted by molar-refractivity contribution is -0.122. The molecule has 0 spiro atoms. The van der Waals surface area contributed by atoms with E-state index >= 15 is 0 Å². The minimum atomic E-state index is -0.506. The highest BCUT2D eigenvalue weighted by Gasteiger charge is 2.19. The monoisotopic (exact) mass is 278 g/mol. The van der Waals surface area contributed by atoms with E-state index in [1.165, 1.54) is 0 Å². The van der Waals surface area contributed by atoms with Crippen LogP contribution in [0, 0.1) is 6.92 Å². The minimum absolute atomic E-state index is 0.0969. The molecule has 1 saturated heterocycles. The Labute approximate surface area is 119 Å². The third kappa shape index (κ3) is 3.95. The fourth-order valence-electron chi connectivity index (χ4n) is 2.05. The van der Waals surface area contributed by atoms with E-state index in [4.69, 9.17) is 15.2 Å². The molecule has 1 fully saturated rings. The molecule has 2 rings (SSSR count). The van der Waals surface area contributed by atoms with Crippen molar-refractivity contribution in [1.29, 1.82) is 0 Å². The zero-order valence-electron chi connectivity index (χ0n) is 12.0. The maximum Gasteiger partial charge on any atom is 0.236 e. The molecule has 0 aromatic heterocycles. The van der Waals surface area contributed by atoms with E-state index in [2.05, 4.69) is 5.32 Å². The van der Waals surface area contributed by atoms with Gasteiger partial charge in [-0.3, -0.25) is 4.79 Å². The number of amides is 1. The molecule has 0 radical (unpaired) electrons. The van der Waals surface area contributed by atoms with Gasteiger partial charge in [0.2, 0.25) is 5.91 Å². The standard InChI is InChI=1S/C15H22N2O3/c1-10-3-4-12(8-17-15(18)11(2)16)14(7-10)20-13-5-6-19-9-13/h3-4,7,11,13H,5-6,8-9,16H2,1-2H3,(H,17,18)/t11-,13?/m0/s1. The summed E-state index contributed by atoms with van der Waals surface area (Å²) in [6.07, 6.45) is 0.999. The lowest BCUT2D eigenvalue weighted by Gasteiger charge is -2.17. The largest absolute Gasteiger partial charge is 0.488 e. The van der Waals surface area contributed by atoms with Gasteiger partial charge in [-0.2, -0.15) is 0 Å². The molecule has 1 aromatic carbocycles. The molecular weight excluding hydrogens is 256 g/mol. The van der Waals surface area contributed by atoms with Gasteiger partial charge in [0.25, 0.3) is 0 Å². The van der Waals surface area contributed by atoms with Crippen molar-refractivity contribution in [2.75, 3.05) is 13.2 Å². The van der Waals surface area contributed by atoms with Gasteiger partial charge in [-0.15, -0.1) is 0 Å². The fourth-order valence-corrected chi connectivity index (χ4v) is 2.05. The molecule has 20 heavy (non-hydrogen) atoms. The average Bonchev–Trinajstić information content (AvgIpc) is 2.90. The van der Waals surface area contributed by atoms with Crippen molar-refractivity contribution in [1.82, 2.24) is 5.32 Å². The van der Waals surface area contributed by atoms with Crippen molar-refractivity contribution in [2.24, 2.45) is 5.73 Å². The Morgan fingerprint density at radius 2 is 2.40 bits per heavy atom. The van der Waals surface area contributed by atoms with Crippen LogP contribution in [-0.2, 0) is 16.1 Å². The van der Waals surface area contributed by atoms with E-state index in [1.54, 1.807) is 6.92 Å². The van der Waals surface area contributed by atoms with Crippen molar-refractivity contribution in [3.63, 3.8) is 0 Å². The second kappa shape index (κ2) is 6.72. The first-order valence-electron chi connectivity index (χ1n) is 6.93. The molecule has 2 atom stereocenters. The second-order valence-electron chi connectivity index (χ2n) is 5.22. The molecule has 1 aliphatic heterocycles. The average molecular weight is 278 g/mol. The number of hydrogen-bond donors (Lipinski definition) is 2. The first kappa shape index (κ1) is 14.8. The quantitative estimate of drug-likeness (QED) is 0.846. The van der Waals surface area contributed by atoms with Gasteiger partial charge in [0.15, 0.2) is 0 Å². The molecule has 1 heterocycles. The Hall–Kier alpha value is -1.59. The van der Waals surface area contributed by atoms with E-state index in [1.807, 2.05) is 25.1 Å².